The number of aromatic nitrogens is 1. The van der Waals surface area contributed by atoms with E-state index in [1.165, 1.54) is 18.3 Å². The molecule has 148 valence electrons. The molecule has 0 saturated carbocycles. The van der Waals surface area contributed by atoms with Crippen molar-refractivity contribution >= 4 is 18.3 Å². The second-order valence-electron chi connectivity index (χ2n) is 6.45. The maximum absolute atomic E-state index is 13.6. The van der Waals surface area contributed by atoms with Crippen molar-refractivity contribution in [2.24, 2.45) is 0 Å². The molecule has 7 heteroatoms. The quantitative estimate of drug-likeness (QED) is 0.398. The lowest BCUT2D eigenvalue weighted by Crippen LogP contribution is -2.23. The van der Waals surface area contributed by atoms with Crippen LogP contribution in [0.15, 0.2) is 54.7 Å². The van der Waals surface area contributed by atoms with Crippen LogP contribution < -0.4 is 10.6 Å². The molecular weight excluding hydrogens is 374 g/mol. The van der Waals surface area contributed by atoms with Crippen LogP contribution in [0.3, 0.4) is 0 Å². The molecule has 5 nitrogen and oxygen atoms in total. The lowest BCUT2D eigenvalue weighted by molar-refractivity contribution is -0.110. The van der Waals surface area contributed by atoms with Crippen LogP contribution in [0.5, 0.6) is 0 Å². The van der Waals surface area contributed by atoms with E-state index in [9.17, 15) is 13.6 Å². The van der Waals surface area contributed by atoms with Gasteiger partial charge in [0.2, 0.25) is 6.41 Å². The average molecular weight is 394 g/mol. The summed E-state index contributed by atoms with van der Waals surface area (Å²) in [6.07, 6.45) is 3.59. The number of pyridine rings is 1. The van der Waals surface area contributed by atoms with E-state index in [4.69, 9.17) is 5.41 Å². The van der Waals surface area contributed by atoms with E-state index in [0.717, 1.165) is 28.4 Å². The highest BCUT2D eigenvalue weighted by Crippen LogP contribution is 2.31. The molecule has 1 unspecified atom stereocenters. The van der Waals surface area contributed by atoms with Crippen LogP contribution in [0.4, 0.5) is 14.5 Å². The zero-order valence-corrected chi connectivity index (χ0v) is 15.7. The first-order valence-electron chi connectivity index (χ1n) is 8.98. The highest BCUT2D eigenvalue weighted by Gasteiger charge is 2.19. The Kier molecular flexibility index (Phi) is 6.29. The summed E-state index contributed by atoms with van der Waals surface area (Å²) in [7, 11) is 1.77. The number of carbonyl (C=O) groups excluding carboxylic acids is 1. The van der Waals surface area contributed by atoms with Gasteiger partial charge in [0.15, 0.2) is 0 Å². The largest absolute Gasteiger partial charge is 0.388 e. The Morgan fingerprint density at radius 3 is 2.55 bits per heavy atom. The van der Waals surface area contributed by atoms with Crippen molar-refractivity contribution < 1.29 is 13.6 Å². The van der Waals surface area contributed by atoms with Crippen molar-refractivity contribution in [3.8, 4) is 11.1 Å². The third-order valence-corrected chi connectivity index (χ3v) is 4.59. The van der Waals surface area contributed by atoms with E-state index in [-0.39, 0.29) is 6.42 Å². The van der Waals surface area contributed by atoms with Gasteiger partial charge in [0.25, 0.3) is 0 Å². The molecule has 0 aliphatic carbocycles. The number of hydrogen-bond donors (Lipinski definition) is 3. The van der Waals surface area contributed by atoms with Crippen LogP contribution in [-0.4, -0.2) is 24.7 Å². The Morgan fingerprint density at radius 2 is 1.90 bits per heavy atom. The Morgan fingerprint density at radius 1 is 1.14 bits per heavy atom. The van der Waals surface area contributed by atoms with Crippen molar-refractivity contribution in [3.05, 3.63) is 83.2 Å². The average Bonchev–Trinajstić information content (AvgIpc) is 2.72. The lowest BCUT2D eigenvalue weighted by atomic mass is 9.94. The number of benzene rings is 2. The normalized spacial score (nSPS) is 11.6. The van der Waals surface area contributed by atoms with E-state index < -0.39 is 17.7 Å². The van der Waals surface area contributed by atoms with Crippen LogP contribution in [-0.2, 0) is 11.2 Å². The third kappa shape index (κ3) is 4.63. The van der Waals surface area contributed by atoms with Crippen molar-refractivity contribution in [2.45, 2.75) is 12.5 Å². The minimum atomic E-state index is -0.674. The minimum Gasteiger partial charge on any atom is -0.388 e. The molecule has 2 aromatic carbocycles. The van der Waals surface area contributed by atoms with Crippen molar-refractivity contribution in [3.63, 3.8) is 0 Å². The molecule has 3 N–H and O–H groups in total. The Balaban J connectivity index is 2.04. The molecule has 1 atom stereocenters. The van der Waals surface area contributed by atoms with Crippen LogP contribution in [0.1, 0.15) is 22.9 Å². The van der Waals surface area contributed by atoms with Gasteiger partial charge in [0.05, 0.1) is 11.7 Å². The maximum Gasteiger partial charge on any atom is 0.207 e. The molecule has 0 aliphatic heterocycles. The zero-order chi connectivity index (χ0) is 20.8. The fourth-order valence-corrected chi connectivity index (χ4v) is 3.29. The van der Waals surface area contributed by atoms with Gasteiger partial charge in [0, 0.05) is 42.3 Å². The Bertz CT molecular complexity index is 1020. The first-order chi connectivity index (χ1) is 14.0. The summed E-state index contributed by atoms with van der Waals surface area (Å²) in [4.78, 5) is 15.7. The number of rotatable bonds is 8. The van der Waals surface area contributed by atoms with Gasteiger partial charge in [-0.3, -0.25) is 9.78 Å². The summed E-state index contributed by atoms with van der Waals surface area (Å²) in [6.45, 7) is 0. The van der Waals surface area contributed by atoms with Crippen molar-refractivity contribution in [1.82, 2.24) is 10.3 Å². The van der Waals surface area contributed by atoms with E-state index >= 15 is 0 Å². The SMILES string of the molecule is CNc1cc(-c2cccnc2C(Cc2cc(F)cc(F)c2)NC=O)ccc1C=N. The molecule has 1 aromatic heterocycles. The second-order valence-corrected chi connectivity index (χ2v) is 6.45. The summed E-state index contributed by atoms with van der Waals surface area (Å²) in [5.41, 5.74) is 4.12. The summed E-state index contributed by atoms with van der Waals surface area (Å²) in [6, 6.07) is 11.9. The predicted molar refractivity (Wildman–Crippen MR) is 109 cm³/mol. The van der Waals surface area contributed by atoms with E-state index in [1.54, 1.807) is 19.3 Å². The zero-order valence-electron chi connectivity index (χ0n) is 15.7. The molecule has 0 bridgehead atoms. The monoisotopic (exact) mass is 394 g/mol. The first kappa shape index (κ1) is 20.1. The molecule has 1 amide bonds. The van der Waals surface area contributed by atoms with Gasteiger partial charge in [-0.2, -0.15) is 0 Å². The number of halogens is 2. The summed E-state index contributed by atoms with van der Waals surface area (Å²) in [5, 5.41) is 13.3. The molecule has 0 spiro atoms. The number of anilines is 1. The van der Waals surface area contributed by atoms with E-state index in [0.29, 0.717) is 17.7 Å². The third-order valence-electron chi connectivity index (χ3n) is 4.59. The second kappa shape index (κ2) is 9.05. The predicted octanol–water partition coefficient (Wildman–Crippen LogP) is 4.10. The molecule has 3 aromatic rings. The Labute approximate surface area is 167 Å². The van der Waals surface area contributed by atoms with Gasteiger partial charge in [0.1, 0.15) is 11.6 Å². The van der Waals surface area contributed by atoms with Crippen molar-refractivity contribution in [1.29, 1.82) is 5.41 Å². The summed E-state index contributed by atoms with van der Waals surface area (Å²) < 4.78 is 27.2. The first-order valence-corrected chi connectivity index (χ1v) is 8.98. The highest BCUT2D eigenvalue weighted by molar-refractivity contribution is 5.88. The molecule has 0 fully saturated rings. The van der Waals surface area contributed by atoms with E-state index in [2.05, 4.69) is 15.6 Å². The minimum absolute atomic E-state index is 0.175. The topological polar surface area (TPSA) is 77.9 Å². The molecule has 0 saturated heterocycles. The standard InChI is InChI=1S/C22H20F2N4O/c1-26-20-10-15(4-5-16(20)12-25)19-3-2-6-27-22(19)21(28-13-29)9-14-7-17(23)11-18(24)8-14/h2-8,10-13,21,25-26H,9H2,1H3,(H,28,29). The van der Waals surface area contributed by atoms with E-state index in [1.807, 2.05) is 24.3 Å². The molecule has 0 aliphatic rings. The molecule has 1 heterocycles. The molecular formula is C22H20F2N4O. The number of nitrogens with one attached hydrogen (secondary N) is 3. The highest BCUT2D eigenvalue weighted by atomic mass is 19.1. The van der Waals surface area contributed by atoms with Gasteiger partial charge in [-0.05, 0) is 41.8 Å². The summed E-state index contributed by atoms with van der Waals surface area (Å²) in [5.74, 6) is -1.35. The number of amides is 1. The number of hydrogen-bond acceptors (Lipinski definition) is 4. The smallest absolute Gasteiger partial charge is 0.207 e. The van der Waals surface area contributed by atoms with Crippen LogP contribution in [0, 0.1) is 17.0 Å². The van der Waals surface area contributed by atoms with Gasteiger partial charge < -0.3 is 16.0 Å². The number of carbonyl (C=O) groups is 1. The van der Waals surface area contributed by atoms with Gasteiger partial charge >= 0.3 is 0 Å². The van der Waals surface area contributed by atoms with Gasteiger partial charge in [-0.15, -0.1) is 0 Å². The fourth-order valence-electron chi connectivity index (χ4n) is 3.29. The Hall–Kier alpha value is -3.61. The maximum atomic E-state index is 13.6. The van der Waals surface area contributed by atoms with Crippen LogP contribution in [0.25, 0.3) is 11.1 Å². The summed E-state index contributed by atoms with van der Waals surface area (Å²) >= 11 is 0. The lowest BCUT2D eigenvalue weighted by Gasteiger charge is -2.20. The van der Waals surface area contributed by atoms with Gasteiger partial charge in [-0.1, -0.05) is 18.2 Å². The molecule has 3 rings (SSSR count). The van der Waals surface area contributed by atoms with Crippen LogP contribution >= 0.6 is 0 Å². The molecule has 29 heavy (non-hydrogen) atoms. The molecule has 0 radical (unpaired) electrons. The fraction of sp³-hybridized carbons (Fsp3) is 0.136. The number of nitrogens with zero attached hydrogens (tertiary/aromatic N) is 1. The van der Waals surface area contributed by atoms with Crippen LogP contribution in [0.2, 0.25) is 0 Å². The van der Waals surface area contributed by atoms with Gasteiger partial charge in [-0.25, -0.2) is 8.78 Å². The van der Waals surface area contributed by atoms with Crippen molar-refractivity contribution in [2.75, 3.05) is 12.4 Å².